The highest BCUT2D eigenvalue weighted by atomic mass is 14.6. The third-order valence-electron chi connectivity index (χ3n) is 4.56. The van der Waals surface area contributed by atoms with Crippen molar-refractivity contribution in [3.8, 4) is 11.1 Å². The molecule has 0 radical (unpaired) electrons. The molecular formula is C25H24N2. The van der Waals surface area contributed by atoms with Crippen molar-refractivity contribution in [2.45, 2.75) is 6.42 Å². The second-order valence-corrected chi connectivity index (χ2v) is 6.45. The van der Waals surface area contributed by atoms with Crippen LogP contribution in [0.25, 0.3) is 16.7 Å². The molecule has 2 nitrogen and oxygen atoms in total. The molecule has 2 heteroatoms. The number of hydrogen-bond donors (Lipinski definition) is 2. The molecule has 0 unspecified atom stereocenters. The molecule has 0 saturated heterocycles. The SMILES string of the molecule is C=C/C=C(\C=C)c1cc(Cc2ccc(N)c(-c3ccccc3)c2)ccc1N. The van der Waals surface area contributed by atoms with Crippen molar-refractivity contribution in [3.63, 3.8) is 0 Å². The van der Waals surface area contributed by atoms with Gasteiger partial charge in [-0.2, -0.15) is 0 Å². The predicted molar refractivity (Wildman–Crippen MR) is 118 cm³/mol. The zero-order chi connectivity index (χ0) is 19.2. The summed E-state index contributed by atoms with van der Waals surface area (Å²) in [6, 6.07) is 22.5. The fraction of sp³-hybridized carbons (Fsp3) is 0.0400. The molecule has 0 atom stereocenters. The van der Waals surface area contributed by atoms with Crippen LogP contribution in [0.2, 0.25) is 0 Å². The van der Waals surface area contributed by atoms with Gasteiger partial charge in [-0.3, -0.25) is 0 Å². The number of nitrogens with two attached hydrogens (primary N) is 2. The van der Waals surface area contributed by atoms with Gasteiger partial charge in [0, 0.05) is 22.5 Å². The van der Waals surface area contributed by atoms with Crippen LogP contribution in [0.5, 0.6) is 0 Å². The van der Waals surface area contributed by atoms with E-state index < -0.39 is 0 Å². The van der Waals surface area contributed by atoms with Crippen molar-refractivity contribution in [2.75, 3.05) is 11.5 Å². The van der Waals surface area contributed by atoms with Gasteiger partial charge in [0.25, 0.3) is 0 Å². The third kappa shape index (κ3) is 4.18. The summed E-state index contributed by atoms with van der Waals surface area (Å²) in [7, 11) is 0. The van der Waals surface area contributed by atoms with Gasteiger partial charge in [-0.15, -0.1) is 0 Å². The van der Waals surface area contributed by atoms with Crippen LogP contribution < -0.4 is 11.5 Å². The van der Waals surface area contributed by atoms with Gasteiger partial charge in [0.15, 0.2) is 0 Å². The fourth-order valence-corrected chi connectivity index (χ4v) is 3.17. The van der Waals surface area contributed by atoms with Crippen LogP contribution in [0.15, 0.2) is 98.1 Å². The first-order valence-electron chi connectivity index (χ1n) is 8.90. The third-order valence-corrected chi connectivity index (χ3v) is 4.56. The Balaban J connectivity index is 1.95. The van der Waals surface area contributed by atoms with Gasteiger partial charge in [0.05, 0.1) is 0 Å². The van der Waals surface area contributed by atoms with Crippen molar-refractivity contribution in [1.29, 1.82) is 0 Å². The van der Waals surface area contributed by atoms with E-state index in [4.69, 9.17) is 11.5 Å². The topological polar surface area (TPSA) is 52.0 Å². The molecule has 27 heavy (non-hydrogen) atoms. The number of allylic oxidation sites excluding steroid dienone is 4. The van der Waals surface area contributed by atoms with Crippen molar-refractivity contribution < 1.29 is 0 Å². The minimum absolute atomic E-state index is 0.731. The van der Waals surface area contributed by atoms with E-state index in [1.54, 1.807) is 12.2 Å². The predicted octanol–water partition coefficient (Wildman–Crippen LogP) is 5.86. The molecule has 0 fully saturated rings. The van der Waals surface area contributed by atoms with Crippen LogP contribution in [-0.2, 0) is 6.42 Å². The summed E-state index contributed by atoms with van der Waals surface area (Å²) in [6.45, 7) is 7.64. The minimum atomic E-state index is 0.731. The maximum Gasteiger partial charge on any atom is 0.0393 e. The molecule has 3 aromatic rings. The second-order valence-electron chi connectivity index (χ2n) is 6.45. The molecule has 0 aromatic heterocycles. The molecule has 0 aliphatic heterocycles. The first-order chi connectivity index (χ1) is 13.1. The second kappa shape index (κ2) is 8.24. The Morgan fingerprint density at radius 2 is 1.48 bits per heavy atom. The molecule has 134 valence electrons. The number of nitrogen functional groups attached to an aromatic ring is 2. The Hall–Kier alpha value is -3.52. The summed E-state index contributed by atoms with van der Waals surface area (Å²) in [6.07, 6.45) is 6.26. The molecule has 0 spiro atoms. The van der Waals surface area contributed by atoms with Gasteiger partial charge >= 0.3 is 0 Å². The van der Waals surface area contributed by atoms with E-state index in [1.165, 1.54) is 11.1 Å². The molecule has 0 saturated carbocycles. The van der Waals surface area contributed by atoms with Gasteiger partial charge in [-0.1, -0.05) is 73.9 Å². The number of benzene rings is 3. The van der Waals surface area contributed by atoms with Crippen LogP contribution in [0, 0.1) is 0 Å². The van der Waals surface area contributed by atoms with Gasteiger partial charge in [0.1, 0.15) is 0 Å². The van der Waals surface area contributed by atoms with Crippen LogP contribution >= 0.6 is 0 Å². The molecule has 3 aromatic carbocycles. The van der Waals surface area contributed by atoms with Crippen LogP contribution in [-0.4, -0.2) is 0 Å². The summed E-state index contributed by atoms with van der Waals surface area (Å²) >= 11 is 0. The summed E-state index contributed by atoms with van der Waals surface area (Å²) in [5.41, 5.74) is 20.4. The Labute approximate surface area is 161 Å². The van der Waals surface area contributed by atoms with Crippen LogP contribution in [0.1, 0.15) is 16.7 Å². The first kappa shape index (κ1) is 18.3. The van der Waals surface area contributed by atoms with Crippen LogP contribution in [0.3, 0.4) is 0 Å². The lowest BCUT2D eigenvalue weighted by Crippen LogP contribution is -1.97. The molecular weight excluding hydrogens is 328 g/mol. The van der Waals surface area contributed by atoms with Crippen molar-refractivity contribution in [2.24, 2.45) is 0 Å². The average molecular weight is 352 g/mol. The van der Waals surface area contributed by atoms with E-state index in [0.29, 0.717) is 0 Å². The van der Waals surface area contributed by atoms with E-state index in [9.17, 15) is 0 Å². The van der Waals surface area contributed by atoms with E-state index >= 15 is 0 Å². The minimum Gasteiger partial charge on any atom is -0.398 e. The highest BCUT2D eigenvalue weighted by Crippen LogP contribution is 2.29. The largest absolute Gasteiger partial charge is 0.398 e. The van der Waals surface area contributed by atoms with Crippen molar-refractivity contribution in [3.05, 3.63) is 115 Å². The Bertz CT molecular complexity index is 998. The zero-order valence-corrected chi connectivity index (χ0v) is 15.4. The fourth-order valence-electron chi connectivity index (χ4n) is 3.17. The van der Waals surface area contributed by atoms with Gasteiger partial charge in [-0.05, 0) is 52.9 Å². The highest BCUT2D eigenvalue weighted by Gasteiger charge is 2.08. The highest BCUT2D eigenvalue weighted by molar-refractivity contribution is 5.82. The van der Waals surface area contributed by atoms with Crippen LogP contribution in [0.4, 0.5) is 11.4 Å². The Kier molecular flexibility index (Phi) is 5.58. The van der Waals surface area contributed by atoms with E-state index in [2.05, 4.69) is 49.6 Å². The Morgan fingerprint density at radius 1 is 0.815 bits per heavy atom. The quantitative estimate of drug-likeness (QED) is 0.431. The molecule has 0 aliphatic rings. The molecule has 0 amide bonds. The number of rotatable bonds is 6. The van der Waals surface area contributed by atoms with E-state index in [0.717, 1.165) is 40.1 Å². The molecule has 0 bridgehead atoms. The lowest BCUT2D eigenvalue weighted by Gasteiger charge is -2.12. The maximum atomic E-state index is 6.21. The van der Waals surface area contributed by atoms with Gasteiger partial charge in [0.2, 0.25) is 0 Å². The summed E-state index contributed by atoms with van der Waals surface area (Å²) in [5.74, 6) is 0. The first-order valence-corrected chi connectivity index (χ1v) is 8.90. The summed E-state index contributed by atoms with van der Waals surface area (Å²) in [5, 5.41) is 0. The standard InChI is InChI=1S/C25H24N2/c1-3-8-20(4-2)22-16-18(11-13-24(22)26)15-19-12-14-25(27)23(17-19)21-9-6-5-7-10-21/h3-14,16-17H,1-2,15,26-27H2/b20-8+. The van der Waals surface area contributed by atoms with Crippen molar-refractivity contribution in [1.82, 2.24) is 0 Å². The lowest BCUT2D eigenvalue weighted by atomic mass is 9.95. The molecule has 4 N–H and O–H groups in total. The number of anilines is 2. The van der Waals surface area contributed by atoms with Crippen molar-refractivity contribution >= 4 is 16.9 Å². The summed E-state index contributed by atoms with van der Waals surface area (Å²) < 4.78 is 0. The zero-order valence-electron chi connectivity index (χ0n) is 15.4. The van der Waals surface area contributed by atoms with E-state index in [-0.39, 0.29) is 0 Å². The average Bonchev–Trinajstić information content (AvgIpc) is 2.70. The van der Waals surface area contributed by atoms with Gasteiger partial charge in [-0.25, -0.2) is 0 Å². The number of hydrogen-bond acceptors (Lipinski definition) is 2. The smallest absolute Gasteiger partial charge is 0.0393 e. The van der Waals surface area contributed by atoms with E-state index in [1.807, 2.05) is 36.4 Å². The maximum absolute atomic E-state index is 6.21. The molecule has 0 heterocycles. The monoisotopic (exact) mass is 352 g/mol. The van der Waals surface area contributed by atoms with Gasteiger partial charge < -0.3 is 11.5 Å². The summed E-state index contributed by atoms with van der Waals surface area (Å²) in [4.78, 5) is 0. The molecule has 0 aliphatic carbocycles. The molecule has 3 rings (SSSR count). The lowest BCUT2D eigenvalue weighted by molar-refractivity contribution is 1.19. The normalized spacial score (nSPS) is 11.2. The Morgan fingerprint density at radius 3 is 2.15 bits per heavy atom.